The first kappa shape index (κ1) is 15.1. The molecule has 0 unspecified atom stereocenters. The van der Waals surface area contributed by atoms with Gasteiger partial charge in [0.1, 0.15) is 0 Å². The molecule has 0 spiro atoms. The van der Waals surface area contributed by atoms with Crippen molar-refractivity contribution >= 4 is 17.6 Å². The number of halogens is 1. The number of carbonyl (C=O) groups is 1. The molecule has 5 heteroatoms. The van der Waals surface area contributed by atoms with Crippen molar-refractivity contribution in [1.82, 2.24) is 15.1 Å². The lowest BCUT2D eigenvalue weighted by atomic mass is 10.1. The highest BCUT2D eigenvalue weighted by Crippen LogP contribution is 2.25. The first-order chi connectivity index (χ1) is 9.49. The summed E-state index contributed by atoms with van der Waals surface area (Å²) in [6, 6.07) is 8.35. The highest BCUT2D eigenvalue weighted by atomic mass is 35.5. The maximum atomic E-state index is 12.0. The number of carbonyl (C=O) groups excluding carboxylic acids is 1. The van der Waals surface area contributed by atoms with E-state index in [1.54, 1.807) is 4.90 Å². The van der Waals surface area contributed by atoms with Gasteiger partial charge in [-0.1, -0.05) is 23.7 Å². The number of urea groups is 1. The molecule has 1 saturated carbocycles. The van der Waals surface area contributed by atoms with E-state index < -0.39 is 0 Å². The minimum atomic E-state index is 0.00770. The van der Waals surface area contributed by atoms with Crippen LogP contribution in [-0.4, -0.2) is 49.6 Å². The normalized spacial score (nSPS) is 16.1. The number of nitrogens with one attached hydrogen (secondary N) is 1. The largest absolute Gasteiger partial charge is 0.336 e. The number of benzene rings is 1. The van der Waals surface area contributed by atoms with Crippen LogP contribution in [-0.2, 0) is 0 Å². The zero-order valence-electron chi connectivity index (χ0n) is 12.3. The number of nitrogens with zero attached hydrogens (tertiary/aromatic N) is 2. The van der Waals surface area contributed by atoms with Crippen molar-refractivity contribution in [2.24, 2.45) is 0 Å². The van der Waals surface area contributed by atoms with Gasteiger partial charge in [-0.2, -0.15) is 0 Å². The van der Waals surface area contributed by atoms with Gasteiger partial charge in [-0.3, -0.25) is 0 Å². The second kappa shape index (κ2) is 6.46. The summed E-state index contributed by atoms with van der Waals surface area (Å²) in [5.74, 6) is 0. The minimum absolute atomic E-state index is 0.00770. The highest BCUT2D eigenvalue weighted by Gasteiger charge is 2.29. The molecule has 1 fully saturated rings. The zero-order valence-corrected chi connectivity index (χ0v) is 13.0. The number of hydrogen-bond donors (Lipinski definition) is 1. The summed E-state index contributed by atoms with van der Waals surface area (Å²) >= 11 is 5.92. The molecule has 0 saturated heterocycles. The summed E-state index contributed by atoms with van der Waals surface area (Å²) in [6.45, 7) is 0.588. The standard InChI is InChI=1S/C15H22ClN3O/c1-18(2)14(11-4-6-12(16)7-5-11)10-17-15(20)19(3)13-8-9-13/h4-7,13-14H,8-10H2,1-3H3,(H,17,20)/t14-/m1/s1. The molecule has 1 aliphatic rings. The van der Waals surface area contributed by atoms with Crippen molar-refractivity contribution in [2.45, 2.75) is 24.9 Å². The predicted molar refractivity (Wildman–Crippen MR) is 82.1 cm³/mol. The molecule has 2 amide bonds. The topological polar surface area (TPSA) is 35.6 Å². The van der Waals surface area contributed by atoms with Crippen LogP contribution in [0, 0.1) is 0 Å². The van der Waals surface area contributed by atoms with Gasteiger partial charge in [0.25, 0.3) is 0 Å². The first-order valence-electron chi connectivity index (χ1n) is 6.91. The SMILES string of the molecule is CN(C(=O)NC[C@H](c1ccc(Cl)cc1)N(C)C)C1CC1. The molecule has 20 heavy (non-hydrogen) atoms. The van der Waals surface area contributed by atoms with Crippen molar-refractivity contribution in [3.05, 3.63) is 34.9 Å². The van der Waals surface area contributed by atoms with Gasteiger partial charge in [-0.15, -0.1) is 0 Å². The minimum Gasteiger partial charge on any atom is -0.336 e. The molecule has 0 bridgehead atoms. The third kappa shape index (κ3) is 3.87. The van der Waals surface area contributed by atoms with E-state index in [1.165, 1.54) is 0 Å². The van der Waals surface area contributed by atoms with Crippen LogP contribution < -0.4 is 5.32 Å². The average Bonchev–Trinajstić information content (AvgIpc) is 3.24. The Morgan fingerprint density at radius 1 is 1.30 bits per heavy atom. The molecular weight excluding hydrogens is 274 g/mol. The Hall–Kier alpha value is -1.26. The second-order valence-corrected chi connectivity index (χ2v) is 6.00. The fourth-order valence-electron chi connectivity index (χ4n) is 2.22. The molecule has 0 radical (unpaired) electrons. The Morgan fingerprint density at radius 2 is 1.90 bits per heavy atom. The molecule has 1 aromatic rings. The van der Waals surface area contributed by atoms with Crippen molar-refractivity contribution in [2.75, 3.05) is 27.7 Å². The van der Waals surface area contributed by atoms with E-state index in [-0.39, 0.29) is 12.1 Å². The molecule has 4 nitrogen and oxygen atoms in total. The molecule has 110 valence electrons. The predicted octanol–water partition coefficient (Wildman–Crippen LogP) is 2.75. The molecule has 0 aliphatic heterocycles. The Balaban J connectivity index is 1.95. The summed E-state index contributed by atoms with van der Waals surface area (Å²) in [6.07, 6.45) is 2.25. The molecule has 0 heterocycles. The van der Waals surface area contributed by atoms with Crippen molar-refractivity contribution < 1.29 is 4.79 Å². The molecule has 1 N–H and O–H groups in total. The first-order valence-corrected chi connectivity index (χ1v) is 7.29. The fourth-order valence-corrected chi connectivity index (χ4v) is 2.35. The molecular formula is C15H22ClN3O. The average molecular weight is 296 g/mol. The third-order valence-corrected chi connectivity index (χ3v) is 3.99. The van der Waals surface area contributed by atoms with E-state index in [0.29, 0.717) is 12.6 Å². The molecule has 0 aromatic heterocycles. The van der Waals surface area contributed by atoms with Gasteiger partial charge in [0, 0.05) is 24.7 Å². The van der Waals surface area contributed by atoms with Crippen molar-refractivity contribution in [1.29, 1.82) is 0 Å². The molecule has 1 atom stereocenters. The van der Waals surface area contributed by atoms with E-state index in [9.17, 15) is 4.79 Å². The lowest BCUT2D eigenvalue weighted by Gasteiger charge is -2.26. The van der Waals surface area contributed by atoms with Crippen molar-refractivity contribution in [3.8, 4) is 0 Å². The van der Waals surface area contributed by atoms with Gasteiger partial charge in [0.05, 0.1) is 6.04 Å². The van der Waals surface area contributed by atoms with Gasteiger partial charge >= 0.3 is 6.03 Å². The lowest BCUT2D eigenvalue weighted by Crippen LogP contribution is -2.42. The molecule has 2 rings (SSSR count). The lowest BCUT2D eigenvalue weighted by molar-refractivity contribution is 0.200. The summed E-state index contributed by atoms with van der Waals surface area (Å²) in [4.78, 5) is 15.9. The Bertz CT molecular complexity index is 457. The van der Waals surface area contributed by atoms with Gasteiger partial charge < -0.3 is 15.1 Å². The van der Waals surface area contributed by atoms with E-state index >= 15 is 0 Å². The third-order valence-electron chi connectivity index (χ3n) is 3.74. The Labute approximate surface area is 125 Å². The molecule has 1 aliphatic carbocycles. The van der Waals surface area contributed by atoms with E-state index in [1.807, 2.05) is 45.4 Å². The van der Waals surface area contributed by atoms with Crippen LogP contribution in [0.4, 0.5) is 4.79 Å². The number of hydrogen-bond acceptors (Lipinski definition) is 2. The van der Waals surface area contributed by atoms with Crippen LogP contribution >= 0.6 is 11.6 Å². The van der Waals surface area contributed by atoms with E-state index in [4.69, 9.17) is 11.6 Å². The van der Waals surface area contributed by atoms with E-state index in [0.717, 1.165) is 23.4 Å². The maximum Gasteiger partial charge on any atom is 0.317 e. The van der Waals surface area contributed by atoms with Gasteiger partial charge in [0.2, 0.25) is 0 Å². The zero-order chi connectivity index (χ0) is 14.7. The highest BCUT2D eigenvalue weighted by molar-refractivity contribution is 6.30. The maximum absolute atomic E-state index is 12.0. The number of amides is 2. The van der Waals surface area contributed by atoms with Crippen molar-refractivity contribution in [3.63, 3.8) is 0 Å². The summed E-state index contributed by atoms with van der Waals surface area (Å²) in [5.41, 5.74) is 1.15. The van der Waals surface area contributed by atoms with Gasteiger partial charge in [-0.05, 0) is 44.6 Å². The molecule has 1 aromatic carbocycles. The summed E-state index contributed by atoms with van der Waals surface area (Å²) < 4.78 is 0. The van der Waals surface area contributed by atoms with E-state index in [2.05, 4.69) is 10.2 Å². The van der Waals surface area contributed by atoms with Crippen LogP contribution in [0.15, 0.2) is 24.3 Å². The van der Waals surface area contributed by atoms with Gasteiger partial charge in [0.15, 0.2) is 0 Å². The quantitative estimate of drug-likeness (QED) is 0.906. The fraction of sp³-hybridized carbons (Fsp3) is 0.533. The van der Waals surface area contributed by atoms with Crippen LogP contribution in [0.1, 0.15) is 24.4 Å². The monoisotopic (exact) mass is 295 g/mol. The summed E-state index contributed by atoms with van der Waals surface area (Å²) in [5, 5.41) is 3.74. The second-order valence-electron chi connectivity index (χ2n) is 5.56. The Kier molecular flexibility index (Phi) is 4.89. The smallest absolute Gasteiger partial charge is 0.317 e. The number of rotatable bonds is 5. The number of likely N-dealkylation sites (N-methyl/N-ethyl adjacent to an activating group) is 1. The van der Waals surface area contributed by atoms with Crippen LogP contribution in [0.2, 0.25) is 5.02 Å². The van der Waals surface area contributed by atoms with Crippen LogP contribution in [0.3, 0.4) is 0 Å². The van der Waals surface area contributed by atoms with Crippen LogP contribution in [0.25, 0.3) is 0 Å². The Morgan fingerprint density at radius 3 is 2.40 bits per heavy atom. The van der Waals surface area contributed by atoms with Crippen LogP contribution in [0.5, 0.6) is 0 Å². The summed E-state index contributed by atoms with van der Waals surface area (Å²) in [7, 11) is 5.88. The van der Waals surface area contributed by atoms with Gasteiger partial charge in [-0.25, -0.2) is 4.79 Å².